The molecular weight excluding hydrogens is 524 g/mol. The van der Waals surface area contributed by atoms with Crippen LogP contribution in [0.5, 0.6) is 0 Å². The fraction of sp³-hybridized carbons (Fsp3) is 0.350. The van der Waals surface area contributed by atoms with E-state index in [2.05, 4.69) is 25.8 Å². The van der Waals surface area contributed by atoms with Crippen molar-refractivity contribution in [1.29, 1.82) is 0 Å². The zero-order valence-electron chi connectivity index (χ0n) is 16.9. The quantitative estimate of drug-likeness (QED) is 0.255. The molecule has 168 valence electrons. The smallest absolute Gasteiger partial charge is 0.367 e. The number of alkyl halides is 3. The molecule has 0 fully saturated rings. The van der Waals surface area contributed by atoms with Crippen molar-refractivity contribution in [2.24, 2.45) is 4.99 Å². The largest absolute Gasteiger partial charge is 0.411 e. The Morgan fingerprint density at radius 1 is 1.10 bits per heavy atom. The molecule has 0 aliphatic heterocycles. The fourth-order valence-corrected chi connectivity index (χ4v) is 2.79. The van der Waals surface area contributed by atoms with E-state index in [1.165, 1.54) is 0 Å². The number of pyridine rings is 1. The number of benzene rings is 1. The van der Waals surface area contributed by atoms with Gasteiger partial charge in [-0.25, -0.2) is 4.99 Å². The third-order valence-electron chi connectivity index (χ3n) is 4.09. The molecule has 0 radical (unpaired) electrons. The first kappa shape index (κ1) is 24.9. The Kier molecular flexibility index (Phi) is 9.49. The van der Waals surface area contributed by atoms with Crippen LogP contribution in [-0.4, -0.2) is 39.9 Å². The van der Waals surface area contributed by atoms with Gasteiger partial charge in [-0.05, 0) is 30.2 Å². The molecule has 2 aromatic heterocycles. The first-order valence-corrected chi connectivity index (χ1v) is 9.48. The number of nitrogens with one attached hydrogen (secondary N) is 2. The molecule has 0 saturated carbocycles. The number of hydrogen-bond donors (Lipinski definition) is 2. The van der Waals surface area contributed by atoms with E-state index in [1.807, 2.05) is 41.8 Å². The number of halogens is 4. The third-order valence-corrected chi connectivity index (χ3v) is 4.09. The molecule has 11 heteroatoms. The summed E-state index contributed by atoms with van der Waals surface area (Å²) in [5.74, 6) is 1.35. The molecule has 31 heavy (non-hydrogen) atoms. The fourth-order valence-electron chi connectivity index (χ4n) is 2.79. The number of ether oxygens (including phenoxy) is 1. The molecule has 7 nitrogen and oxygen atoms in total. The highest BCUT2D eigenvalue weighted by molar-refractivity contribution is 14.0. The molecule has 0 amide bonds. The molecular formula is C20H24F3IN6O. The van der Waals surface area contributed by atoms with Crippen LogP contribution >= 0.6 is 24.0 Å². The van der Waals surface area contributed by atoms with Gasteiger partial charge in [-0.15, -0.1) is 34.2 Å². The van der Waals surface area contributed by atoms with Crippen molar-refractivity contribution in [1.82, 2.24) is 25.2 Å². The summed E-state index contributed by atoms with van der Waals surface area (Å²) in [5.41, 5.74) is 2.30. The summed E-state index contributed by atoms with van der Waals surface area (Å²) in [6, 6.07) is 12.8. The Hall–Kier alpha value is -2.41. The van der Waals surface area contributed by atoms with Crippen LogP contribution in [0, 0.1) is 0 Å². The Morgan fingerprint density at radius 2 is 1.90 bits per heavy atom. The SMILES string of the molecule is CCNC(=NCc1cccc(COCC(F)(F)F)c1)NCc1nnc2ccccn12.I. The van der Waals surface area contributed by atoms with Gasteiger partial charge in [-0.1, -0.05) is 30.3 Å². The van der Waals surface area contributed by atoms with E-state index in [-0.39, 0.29) is 30.6 Å². The molecule has 0 unspecified atom stereocenters. The zero-order chi connectivity index (χ0) is 21.4. The van der Waals surface area contributed by atoms with Crippen molar-refractivity contribution in [2.45, 2.75) is 32.8 Å². The summed E-state index contributed by atoms with van der Waals surface area (Å²) in [6.45, 7) is 2.07. The zero-order valence-corrected chi connectivity index (χ0v) is 19.2. The van der Waals surface area contributed by atoms with E-state index in [1.54, 1.807) is 18.2 Å². The molecule has 0 aliphatic rings. The lowest BCUT2D eigenvalue weighted by atomic mass is 10.1. The summed E-state index contributed by atoms with van der Waals surface area (Å²) in [7, 11) is 0. The van der Waals surface area contributed by atoms with Gasteiger partial charge in [0.15, 0.2) is 17.4 Å². The van der Waals surface area contributed by atoms with Gasteiger partial charge in [0.1, 0.15) is 6.61 Å². The maximum Gasteiger partial charge on any atom is 0.411 e. The Labute approximate surface area is 195 Å². The molecule has 3 aromatic rings. The first-order chi connectivity index (χ1) is 14.4. The van der Waals surface area contributed by atoms with Crippen molar-refractivity contribution in [2.75, 3.05) is 13.2 Å². The van der Waals surface area contributed by atoms with Gasteiger partial charge >= 0.3 is 6.18 Å². The van der Waals surface area contributed by atoms with Gasteiger partial charge in [0.05, 0.1) is 19.7 Å². The minimum atomic E-state index is -4.33. The van der Waals surface area contributed by atoms with Crippen LogP contribution in [0.4, 0.5) is 13.2 Å². The Morgan fingerprint density at radius 3 is 2.68 bits per heavy atom. The number of nitrogens with zero attached hydrogens (tertiary/aromatic N) is 4. The Bertz CT molecular complexity index is 992. The van der Waals surface area contributed by atoms with Crippen molar-refractivity contribution in [3.63, 3.8) is 0 Å². The van der Waals surface area contributed by atoms with Gasteiger partial charge in [0, 0.05) is 12.7 Å². The first-order valence-electron chi connectivity index (χ1n) is 9.48. The third kappa shape index (κ3) is 7.98. The average Bonchev–Trinajstić information content (AvgIpc) is 3.13. The number of aliphatic imine (C=N–C) groups is 1. The van der Waals surface area contributed by atoms with Crippen LogP contribution in [0.1, 0.15) is 23.9 Å². The molecule has 1 aromatic carbocycles. The van der Waals surface area contributed by atoms with Crippen LogP contribution in [0.2, 0.25) is 0 Å². The van der Waals surface area contributed by atoms with Gasteiger partial charge < -0.3 is 15.4 Å². The van der Waals surface area contributed by atoms with Gasteiger partial charge in [-0.2, -0.15) is 13.2 Å². The van der Waals surface area contributed by atoms with Gasteiger partial charge in [0.25, 0.3) is 0 Å². The second-order valence-electron chi connectivity index (χ2n) is 6.52. The molecule has 0 atom stereocenters. The van der Waals surface area contributed by atoms with Crippen LogP contribution in [0.3, 0.4) is 0 Å². The second-order valence-corrected chi connectivity index (χ2v) is 6.52. The Balaban J connectivity index is 0.00000341. The van der Waals surface area contributed by atoms with E-state index in [9.17, 15) is 13.2 Å². The lowest BCUT2D eigenvalue weighted by molar-refractivity contribution is -0.176. The van der Waals surface area contributed by atoms with Gasteiger partial charge in [0.2, 0.25) is 0 Å². The van der Waals surface area contributed by atoms with Crippen LogP contribution in [0.15, 0.2) is 53.7 Å². The topological polar surface area (TPSA) is 75.8 Å². The van der Waals surface area contributed by atoms with Crippen LogP contribution < -0.4 is 10.6 Å². The van der Waals surface area contributed by atoms with E-state index in [4.69, 9.17) is 4.74 Å². The molecule has 3 rings (SSSR count). The summed E-state index contributed by atoms with van der Waals surface area (Å²) in [4.78, 5) is 4.54. The normalized spacial score (nSPS) is 11.9. The number of hydrogen-bond acceptors (Lipinski definition) is 4. The summed E-state index contributed by atoms with van der Waals surface area (Å²) >= 11 is 0. The van der Waals surface area contributed by atoms with Crippen molar-refractivity contribution in [3.8, 4) is 0 Å². The predicted octanol–water partition coefficient (Wildman–Crippen LogP) is 3.68. The predicted molar refractivity (Wildman–Crippen MR) is 122 cm³/mol. The standard InChI is InChI=1S/C20H23F3N6O.HI/c1-2-24-19(26-12-18-28-27-17-8-3-4-9-29(17)18)25-11-15-6-5-7-16(10-15)13-30-14-20(21,22)23;/h3-10H,2,11-14H2,1H3,(H2,24,25,26);1H. The average molecular weight is 548 g/mol. The minimum Gasteiger partial charge on any atom is -0.367 e. The summed E-state index contributed by atoms with van der Waals surface area (Å²) < 4.78 is 43.2. The van der Waals surface area contributed by atoms with Crippen molar-refractivity contribution >= 4 is 35.6 Å². The molecule has 0 aliphatic carbocycles. The van der Waals surface area contributed by atoms with E-state index >= 15 is 0 Å². The highest BCUT2D eigenvalue weighted by Crippen LogP contribution is 2.16. The highest BCUT2D eigenvalue weighted by Gasteiger charge is 2.27. The molecule has 2 N–H and O–H groups in total. The van der Waals surface area contributed by atoms with Crippen molar-refractivity contribution < 1.29 is 17.9 Å². The molecule has 0 saturated heterocycles. The van der Waals surface area contributed by atoms with E-state index < -0.39 is 12.8 Å². The lowest BCUT2D eigenvalue weighted by Gasteiger charge is -2.11. The van der Waals surface area contributed by atoms with Crippen molar-refractivity contribution in [3.05, 3.63) is 65.6 Å². The van der Waals surface area contributed by atoms with Crippen LogP contribution in [0.25, 0.3) is 5.65 Å². The summed E-state index contributed by atoms with van der Waals surface area (Å²) in [6.07, 6.45) is -2.44. The van der Waals surface area contributed by atoms with E-state index in [0.717, 1.165) is 17.0 Å². The second kappa shape index (κ2) is 11.8. The van der Waals surface area contributed by atoms with E-state index in [0.29, 0.717) is 31.2 Å². The van der Waals surface area contributed by atoms with Crippen LogP contribution in [-0.2, 0) is 24.4 Å². The molecule has 2 heterocycles. The number of fused-ring (bicyclic) bond motifs is 1. The minimum absolute atomic E-state index is 0. The number of rotatable bonds is 8. The highest BCUT2D eigenvalue weighted by atomic mass is 127. The molecule has 0 bridgehead atoms. The summed E-state index contributed by atoms with van der Waals surface area (Å²) in [5, 5.41) is 14.7. The lowest BCUT2D eigenvalue weighted by Crippen LogP contribution is -2.37. The van der Waals surface area contributed by atoms with Gasteiger partial charge in [-0.3, -0.25) is 4.40 Å². The molecule has 0 spiro atoms. The monoisotopic (exact) mass is 548 g/mol. The number of aromatic nitrogens is 3. The maximum absolute atomic E-state index is 12.2. The maximum atomic E-state index is 12.2. The number of guanidine groups is 1.